The van der Waals surface area contributed by atoms with E-state index in [4.69, 9.17) is 0 Å². The summed E-state index contributed by atoms with van der Waals surface area (Å²) >= 11 is 0.990. The molecular formula is C8H4F2OS. The maximum absolute atomic E-state index is 12.9. The van der Waals surface area contributed by atoms with Crippen LogP contribution in [0.4, 0.5) is 8.78 Å². The topological polar surface area (TPSA) is 20.2 Å². The van der Waals surface area contributed by atoms with Gasteiger partial charge in [-0.2, -0.15) is 0 Å². The molecule has 0 spiro atoms. The van der Waals surface area contributed by atoms with Crippen LogP contribution in [-0.4, -0.2) is 5.11 Å². The molecule has 0 fully saturated rings. The Bertz CT molecular complexity index is 436. The standard InChI is InChI=1S/C8H4F2OS/c9-4-1-2-6(11)8-7(4)5(10)3-12-8/h1-3,11H. The van der Waals surface area contributed by atoms with Gasteiger partial charge in [0.1, 0.15) is 17.4 Å². The summed E-state index contributed by atoms with van der Waals surface area (Å²) in [4.78, 5) is 0. The zero-order valence-corrected chi connectivity index (χ0v) is 6.66. The van der Waals surface area contributed by atoms with Crippen molar-refractivity contribution in [3.05, 3.63) is 29.1 Å². The van der Waals surface area contributed by atoms with Crippen molar-refractivity contribution in [1.29, 1.82) is 0 Å². The Morgan fingerprint density at radius 1 is 1.17 bits per heavy atom. The van der Waals surface area contributed by atoms with E-state index in [0.717, 1.165) is 17.4 Å². The van der Waals surface area contributed by atoms with E-state index >= 15 is 0 Å². The van der Waals surface area contributed by atoms with Crippen molar-refractivity contribution < 1.29 is 13.9 Å². The Kier molecular flexibility index (Phi) is 1.51. The third-order valence-corrected chi connectivity index (χ3v) is 2.58. The van der Waals surface area contributed by atoms with Gasteiger partial charge >= 0.3 is 0 Å². The highest BCUT2D eigenvalue weighted by Crippen LogP contribution is 2.33. The molecule has 0 unspecified atom stereocenters. The molecular weight excluding hydrogens is 182 g/mol. The number of hydrogen-bond donors (Lipinski definition) is 1. The molecule has 0 bridgehead atoms. The quantitative estimate of drug-likeness (QED) is 0.670. The molecule has 2 rings (SSSR count). The monoisotopic (exact) mass is 186 g/mol. The van der Waals surface area contributed by atoms with E-state index in [1.807, 2.05) is 0 Å². The van der Waals surface area contributed by atoms with E-state index in [2.05, 4.69) is 0 Å². The van der Waals surface area contributed by atoms with Gasteiger partial charge in [-0.3, -0.25) is 0 Å². The van der Waals surface area contributed by atoms with Gasteiger partial charge in [-0.05, 0) is 12.1 Å². The number of aromatic hydroxyl groups is 1. The van der Waals surface area contributed by atoms with Gasteiger partial charge in [-0.15, -0.1) is 11.3 Å². The molecule has 2 aromatic rings. The maximum Gasteiger partial charge on any atom is 0.144 e. The first kappa shape index (κ1) is 7.49. The molecule has 12 heavy (non-hydrogen) atoms. The van der Waals surface area contributed by atoms with Crippen LogP contribution in [0.3, 0.4) is 0 Å². The van der Waals surface area contributed by atoms with Gasteiger partial charge in [0.25, 0.3) is 0 Å². The lowest BCUT2D eigenvalue weighted by Crippen LogP contribution is -1.77. The minimum Gasteiger partial charge on any atom is -0.506 e. The van der Waals surface area contributed by atoms with E-state index < -0.39 is 11.6 Å². The molecule has 4 heteroatoms. The van der Waals surface area contributed by atoms with Gasteiger partial charge in [-0.1, -0.05) is 0 Å². The second kappa shape index (κ2) is 2.42. The largest absolute Gasteiger partial charge is 0.506 e. The van der Waals surface area contributed by atoms with Crippen LogP contribution in [0.25, 0.3) is 10.1 Å². The summed E-state index contributed by atoms with van der Waals surface area (Å²) < 4.78 is 26.0. The van der Waals surface area contributed by atoms with Gasteiger partial charge < -0.3 is 5.11 Å². The first-order valence-electron chi connectivity index (χ1n) is 3.24. The fraction of sp³-hybridized carbons (Fsp3) is 0. The molecule has 1 heterocycles. The second-order valence-corrected chi connectivity index (χ2v) is 3.23. The Morgan fingerprint density at radius 2 is 1.92 bits per heavy atom. The highest BCUT2D eigenvalue weighted by atomic mass is 32.1. The second-order valence-electron chi connectivity index (χ2n) is 2.35. The molecule has 0 aliphatic carbocycles. The van der Waals surface area contributed by atoms with E-state index in [1.54, 1.807) is 0 Å². The molecule has 0 aliphatic heterocycles. The molecule has 0 saturated heterocycles. The van der Waals surface area contributed by atoms with E-state index in [0.29, 0.717) is 0 Å². The van der Waals surface area contributed by atoms with Gasteiger partial charge in [0.05, 0.1) is 10.1 Å². The zero-order chi connectivity index (χ0) is 8.72. The predicted octanol–water partition coefficient (Wildman–Crippen LogP) is 2.89. The molecule has 0 atom stereocenters. The fourth-order valence-electron chi connectivity index (χ4n) is 1.06. The Morgan fingerprint density at radius 3 is 2.58 bits per heavy atom. The lowest BCUT2D eigenvalue weighted by molar-refractivity contribution is 0.481. The van der Waals surface area contributed by atoms with Crippen molar-refractivity contribution in [2.24, 2.45) is 0 Å². The number of fused-ring (bicyclic) bond motifs is 1. The lowest BCUT2D eigenvalue weighted by atomic mass is 10.2. The average Bonchev–Trinajstić information content (AvgIpc) is 2.42. The molecule has 1 nitrogen and oxygen atoms in total. The molecule has 0 aliphatic rings. The number of hydrogen-bond acceptors (Lipinski definition) is 2. The minimum atomic E-state index is -0.637. The van der Waals surface area contributed by atoms with Crippen molar-refractivity contribution in [2.75, 3.05) is 0 Å². The summed E-state index contributed by atoms with van der Waals surface area (Å²) in [5, 5.41) is 10.2. The maximum atomic E-state index is 12.9. The molecule has 1 aromatic heterocycles. The Labute approximate surface area is 70.9 Å². The van der Waals surface area contributed by atoms with Crippen molar-refractivity contribution >= 4 is 21.4 Å². The third kappa shape index (κ3) is 0.881. The van der Waals surface area contributed by atoms with Crippen LogP contribution < -0.4 is 0 Å². The first-order valence-corrected chi connectivity index (χ1v) is 4.12. The lowest BCUT2D eigenvalue weighted by Gasteiger charge is -1.94. The molecule has 0 radical (unpaired) electrons. The smallest absolute Gasteiger partial charge is 0.144 e. The number of halogens is 2. The zero-order valence-electron chi connectivity index (χ0n) is 5.84. The van der Waals surface area contributed by atoms with Crippen molar-refractivity contribution in [2.45, 2.75) is 0 Å². The molecule has 0 amide bonds. The van der Waals surface area contributed by atoms with Crippen LogP contribution in [0.5, 0.6) is 5.75 Å². The Hall–Kier alpha value is -1.16. The number of thiophene rings is 1. The third-order valence-electron chi connectivity index (χ3n) is 1.61. The number of rotatable bonds is 0. The number of phenols is 1. The fourth-order valence-corrected chi connectivity index (χ4v) is 1.90. The summed E-state index contributed by atoms with van der Waals surface area (Å²) in [5.41, 5.74) is 0. The summed E-state index contributed by atoms with van der Waals surface area (Å²) in [7, 11) is 0. The van der Waals surface area contributed by atoms with Crippen molar-refractivity contribution in [3.63, 3.8) is 0 Å². The van der Waals surface area contributed by atoms with E-state index in [-0.39, 0.29) is 15.8 Å². The molecule has 62 valence electrons. The SMILES string of the molecule is Oc1ccc(F)c2c(F)csc12. The highest BCUT2D eigenvalue weighted by molar-refractivity contribution is 7.17. The van der Waals surface area contributed by atoms with Crippen LogP contribution in [0.1, 0.15) is 0 Å². The molecule has 0 saturated carbocycles. The average molecular weight is 186 g/mol. The van der Waals surface area contributed by atoms with Crippen LogP contribution in [-0.2, 0) is 0 Å². The predicted molar refractivity (Wildman–Crippen MR) is 43.4 cm³/mol. The summed E-state index contributed by atoms with van der Waals surface area (Å²) in [6.45, 7) is 0. The van der Waals surface area contributed by atoms with Crippen LogP contribution >= 0.6 is 11.3 Å². The van der Waals surface area contributed by atoms with E-state index in [9.17, 15) is 13.9 Å². The van der Waals surface area contributed by atoms with Gasteiger partial charge in [0, 0.05) is 5.38 Å². The Balaban J connectivity index is 2.98. The van der Waals surface area contributed by atoms with Crippen molar-refractivity contribution in [1.82, 2.24) is 0 Å². The molecule has 1 aromatic carbocycles. The van der Waals surface area contributed by atoms with Gasteiger partial charge in [-0.25, -0.2) is 8.78 Å². The summed E-state index contributed by atoms with van der Waals surface area (Å²) in [6.07, 6.45) is 0. The van der Waals surface area contributed by atoms with Gasteiger partial charge in [0.15, 0.2) is 0 Å². The summed E-state index contributed by atoms with van der Waals surface area (Å²) in [6, 6.07) is 2.26. The number of phenolic OH excluding ortho intramolecular Hbond substituents is 1. The molecule has 1 N–H and O–H groups in total. The van der Waals surface area contributed by atoms with Crippen molar-refractivity contribution in [3.8, 4) is 5.75 Å². The van der Waals surface area contributed by atoms with Crippen LogP contribution in [0, 0.1) is 11.6 Å². The highest BCUT2D eigenvalue weighted by Gasteiger charge is 2.11. The summed E-state index contributed by atoms with van der Waals surface area (Å²) in [5.74, 6) is -1.34. The number of benzene rings is 1. The van der Waals surface area contributed by atoms with Crippen LogP contribution in [0.2, 0.25) is 0 Å². The van der Waals surface area contributed by atoms with Gasteiger partial charge in [0.2, 0.25) is 0 Å². The first-order chi connectivity index (χ1) is 5.70. The normalized spacial score (nSPS) is 10.8. The minimum absolute atomic E-state index is 0.0831. The van der Waals surface area contributed by atoms with E-state index in [1.165, 1.54) is 11.4 Å². The van der Waals surface area contributed by atoms with Crippen LogP contribution in [0.15, 0.2) is 17.5 Å².